The van der Waals surface area contributed by atoms with E-state index in [1.165, 1.54) is 25.6 Å². The lowest BCUT2D eigenvalue weighted by Crippen LogP contribution is -2.07. The van der Waals surface area contributed by atoms with E-state index >= 15 is 0 Å². The maximum absolute atomic E-state index is 13.3. The van der Waals surface area contributed by atoms with Crippen LogP contribution in [0.5, 0.6) is 5.75 Å². The Balaban J connectivity index is 2.00. The van der Waals surface area contributed by atoms with Crippen LogP contribution in [-0.2, 0) is 6.42 Å². The highest BCUT2D eigenvalue weighted by atomic mass is 19.1. The van der Waals surface area contributed by atoms with Crippen molar-refractivity contribution < 1.29 is 13.7 Å². The van der Waals surface area contributed by atoms with Crippen LogP contribution in [0.4, 0.5) is 15.8 Å². The zero-order valence-corrected chi connectivity index (χ0v) is 9.81. The molecule has 0 atom stereocenters. The molecule has 0 saturated carbocycles. The third kappa shape index (κ3) is 2.68. The predicted octanol–water partition coefficient (Wildman–Crippen LogP) is 1.45. The molecule has 6 nitrogen and oxygen atoms in total. The van der Waals surface area contributed by atoms with E-state index in [1.54, 1.807) is 0 Å². The van der Waals surface area contributed by atoms with Gasteiger partial charge >= 0.3 is 0 Å². The van der Waals surface area contributed by atoms with E-state index < -0.39 is 5.82 Å². The monoisotopic (exact) mass is 252 g/mol. The molecule has 1 aromatic heterocycles. The van der Waals surface area contributed by atoms with Gasteiger partial charge in [-0.25, -0.2) is 4.39 Å². The van der Waals surface area contributed by atoms with Crippen molar-refractivity contribution in [3.8, 4) is 5.75 Å². The second-order valence-electron chi connectivity index (χ2n) is 3.59. The number of methoxy groups -OCH3 is 1. The van der Waals surface area contributed by atoms with Crippen LogP contribution in [0.25, 0.3) is 0 Å². The van der Waals surface area contributed by atoms with Crippen LogP contribution in [0.2, 0.25) is 0 Å². The van der Waals surface area contributed by atoms with E-state index in [1.807, 2.05) is 0 Å². The zero-order valence-electron chi connectivity index (χ0n) is 9.81. The van der Waals surface area contributed by atoms with Crippen molar-refractivity contribution in [2.24, 2.45) is 0 Å². The van der Waals surface area contributed by atoms with Gasteiger partial charge in [0.25, 0.3) is 0 Å². The number of rotatable bonds is 5. The molecule has 0 spiro atoms. The fourth-order valence-electron chi connectivity index (χ4n) is 1.49. The number of halogens is 1. The number of benzene rings is 1. The third-order valence-electron chi connectivity index (χ3n) is 2.39. The SMILES string of the molecule is COc1cc(NCCc2ncno2)c(N)cc1F. The molecule has 2 rings (SSSR count). The molecule has 7 heteroatoms. The minimum atomic E-state index is -0.488. The van der Waals surface area contributed by atoms with Gasteiger partial charge in [0.15, 0.2) is 17.9 Å². The molecule has 0 aliphatic rings. The summed E-state index contributed by atoms with van der Waals surface area (Å²) in [6, 6.07) is 2.73. The summed E-state index contributed by atoms with van der Waals surface area (Å²) in [4.78, 5) is 3.88. The molecule has 0 saturated heterocycles. The highest BCUT2D eigenvalue weighted by molar-refractivity contribution is 5.68. The average Bonchev–Trinajstić information content (AvgIpc) is 2.85. The van der Waals surface area contributed by atoms with Crippen LogP contribution in [0, 0.1) is 5.82 Å². The van der Waals surface area contributed by atoms with Crippen molar-refractivity contribution in [1.29, 1.82) is 0 Å². The molecule has 2 aromatic rings. The molecule has 0 radical (unpaired) electrons. The molecular formula is C11H13FN4O2. The number of nitrogen functional groups attached to an aromatic ring is 1. The molecular weight excluding hydrogens is 239 g/mol. The highest BCUT2D eigenvalue weighted by Gasteiger charge is 2.08. The Morgan fingerprint density at radius 1 is 1.50 bits per heavy atom. The second kappa shape index (κ2) is 5.35. The summed E-state index contributed by atoms with van der Waals surface area (Å²) in [6.45, 7) is 0.543. The van der Waals surface area contributed by atoms with Crippen molar-refractivity contribution in [3.63, 3.8) is 0 Å². The second-order valence-corrected chi connectivity index (χ2v) is 3.59. The van der Waals surface area contributed by atoms with Crippen LogP contribution >= 0.6 is 0 Å². The predicted molar refractivity (Wildman–Crippen MR) is 63.9 cm³/mol. The zero-order chi connectivity index (χ0) is 13.0. The molecule has 0 unspecified atom stereocenters. The Morgan fingerprint density at radius 3 is 3.00 bits per heavy atom. The van der Waals surface area contributed by atoms with Crippen LogP contribution in [0.3, 0.4) is 0 Å². The van der Waals surface area contributed by atoms with Gasteiger partial charge in [0.1, 0.15) is 0 Å². The molecule has 96 valence electrons. The molecule has 0 bridgehead atoms. The minimum Gasteiger partial charge on any atom is -0.494 e. The number of nitrogens with zero attached hydrogens (tertiary/aromatic N) is 2. The lowest BCUT2D eigenvalue weighted by atomic mass is 10.2. The number of ether oxygens (including phenoxy) is 1. The van der Waals surface area contributed by atoms with E-state index in [0.717, 1.165) is 0 Å². The number of hydrogen-bond donors (Lipinski definition) is 2. The number of nitrogens with one attached hydrogen (secondary N) is 1. The van der Waals surface area contributed by atoms with Gasteiger partial charge in [-0.15, -0.1) is 0 Å². The molecule has 3 N–H and O–H groups in total. The van der Waals surface area contributed by atoms with E-state index in [9.17, 15) is 4.39 Å². The van der Waals surface area contributed by atoms with Crippen molar-refractivity contribution in [2.45, 2.75) is 6.42 Å². The van der Waals surface area contributed by atoms with Crippen LogP contribution < -0.4 is 15.8 Å². The van der Waals surface area contributed by atoms with Crippen molar-refractivity contribution in [2.75, 3.05) is 24.7 Å². The highest BCUT2D eigenvalue weighted by Crippen LogP contribution is 2.27. The quantitative estimate of drug-likeness (QED) is 0.783. The molecule has 1 heterocycles. The van der Waals surface area contributed by atoms with Crippen LogP contribution in [-0.4, -0.2) is 23.8 Å². The summed E-state index contributed by atoms with van der Waals surface area (Å²) in [7, 11) is 1.40. The molecule has 0 amide bonds. The first kappa shape index (κ1) is 12.2. The largest absolute Gasteiger partial charge is 0.494 e. The Hall–Kier alpha value is -2.31. The number of hydrogen-bond acceptors (Lipinski definition) is 6. The lowest BCUT2D eigenvalue weighted by Gasteiger charge is -2.10. The van der Waals surface area contributed by atoms with Gasteiger partial charge in [-0.3, -0.25) is 0 Å². The van der Waals surface area contributed by atoms with Gasteiger partial charge in [-0.1, -0.05) is 5.16 Å². The minimum absolute atomic E-state index is 0.143. The Bertz CT molecular complexity index is 516. The lowest BCUT2D eigenvalue weighted by molar-refractivity contribution is 0.379. The fraction of sp³-hybridized carbons (Fsp3) is 0.273. The Morgan fingerprint density at radius 2 is 2.33 bits per heavy atom. The summed E-state index contributed by atoms with van der Waals surface area (Å²) >= 11 is 0. The first-order valence-corrected chi connectivity index (χ1v) is 5.33. The average molecular weight is 252 g/mol. The topological polar surface area (TPSA) is 86.2 Å². The van der Waals surface area contributed by atoms with E-state index in [2.05, 4.69) is 15.5 Å². The first-order valence-electron chi connectivity index (χ1n) is 5.33. The Labute approximate surface area is 103 Å². The fourth-order valence-corrected chi connectivity index (χ4v) is 1.49. The summed E-state index contributed by atoms with van der Waals surface area (Å²) in [5, 5.41) is 6.55. The van der Waals surface area contributed by atoms with Crippen molar-refractivity contribution in [3.05, 3.63) is 30.2 Å². The summed E-state index contributed by atoms with van der Waals surface area (Å²) in [5.74, 6) is 0.178. The number of nitrogens with two attached hydrogens (primary N) is 1. The molecule has 1 aromatic carbocycles. The standard InChI is InChI=1S/C11H13FN4O2/c1-17-10-5-9(8(13)4-7(10)12)14-3-2-11-15-6-16-18-11/h4-6,14H,2-3,13H2,1H3. The van der Waals surface area contributed by atoms with Crippen molar-refractivity contribution in [1.82, 2.24) is 10.1 Å². The van der Waals surface area contributed by atoms with Crippen molar-refractivity contribution >= 4 is 11.4 Å². The van der Waals surface area contributed by atoms with Gasteiger partial charge in [0, 0.05) is 25.1 Å². The maximum atomic E-state index is 13.3. The summed E-state index contributed by atoms with van der Waals surface area (Å²) < 4.78 is 23.0. The molecule has 0 aliphatic carbocycles. The Kier molecular flexibility index (Phi) is 3.61. The van der Waals surface area contributed by atoms with Gasteiger partial charge in [0.2, 0.25) is 5.89 Å². The normalized spacial score (nSPS) is 10.3. The molecule has 0 aliphatic heterocycles. The first-order chi connectivity index (χ1) is 8.70. The van der Waals surface area contributed by atoms with Gasteiger partial charge < -0.3 is 20.3 Å². The summed E-state index contributed by atoms with van der Waals surface area (Å²) in [6.07, 6.45) is 1.89. The van der Waals surface area contributed by atoms with E-state index in [4.69, 9.17) is 15.0 Å². The van der Waals surface area contributed by atoms with Gasteiger partial charge in [0.05, 0.1) is 18.5 Å². The van der Waals surface area contributed by atoms with Gasteiger partial charge in [-0.05, 0) is 0 Å². The van der Waals surface area contributed by atoms with Crippen LogP contribution in [0.1, 0.15) is 5.89 Å². The maximum Gasteiger partial charge on any atom is 0.228 e. The van der Waals surface area contributed by atoms with E-state index in [0.29, 0.717) is 30.2 Å². The third-order valence-corrected chi connectivity index (χ3v) is 2.39. The molecule has 18 heavy (non-hydrogen) atoms. The number of aromatic nitrogens is 2. The van der Waals surface area contributed by atoms with Crippen LogP contribution in [0.15, 0.2) is 23.0 Å². The smallest absolute Gasteiger partial charge is 0.228 e. The van der Waals surface area contributed by atoms with E-state index in [-0.39, 0.29) is 5.75 Å². The van der Waals surface area contributed by atoms with Gasteiger partial charge in [-0.2, -0.15) is 4.98 Å². The molecule has 0 fully saturated rings. The summed E-state index contributed by atoms with van der Waals surface area (Å²) in [5.41, 5.74) is 6.62. The number of anilines is 2.